The van der Waals surface area contributed by atoms with Gasteiger partial charge >= 0.3 is 0 Å². The Bertz CT molecular complexity index is 724. The quantitative estimate of drug-likeness (QED) is 0.569. The second-order valence-electron chi connectivity index (χ2n) is 5.28. The van der Waals surface area contributed by atoms with Crippen LogP contribution in [-0.2, 0) is 16.2 Å². The molecule has 0 aliphatic carbocycles. The summed E-state index contributed by atoms with van der Waals surface area (Å²) in [6, 6.07) is 12.1. The van der Waals surface area contributed by atoms with Crippen LogP contribution in [0.3, 0.4) is 0 Å². The van der Waals surface area contributed by atoms with E-state index in [-0.39, 0.29) is 31.0 Å². The van der Waals surface area contributed by atoms with Crippen LogP contribution in [0.4, 0.5) is 8.78 Å². The van der Waals surface area contributed by atoms with Gasteiger partial charge < -0.3 is 5.32 Å². The fraction of sp³-hybridized carbons (Fsp3) is 0.222. The molecule has 0 saturated carbocycles. The highest BCUT2D eigenvalue weighted by Gasteiger charge is 2.12. The number of rotatable bonds is 8. The number of benzene rings is 2. The molecule has 5 nitrogen and oxygen atoms in total. The molecule has 132 valence electrons. The molecule has 0 saturated heterocycles. The first-order chi connectivity index (χ1) is 12.1. The average molecular weight is 348 g/mol. The van der Waals surface area contributed by atoms with Crippen molar-refractivity contribution in [1.29, 1.82) is 0 Å². The summed E-state index contributed by atoms with van der Waals surface area (Å²) < 4.78 is 26.2. The zero-order chi connectivity index (χ0) is 18.1. The summed E-state index contributed by atoms with van der Waals surface area (Å²) in [6.45, 7) is 0.439. The fourth-order valence-corrected chi connectivity index (χ4v) is 2.04. The Morgan fingerprint density at radius 2 is 1.80 bits per heavy atom. The lowest BCUT2D eigenvalue weighted by Crippen LogP contribution is -2.28. The first-order valence-electron chi connectivity index (χ1n) is 7.74. The molecular weight excluding hydrogens is 330 g/mol. The largest absolute Gasteiger partial charge is 0.352 e. The Hall–Kier alpha value is -2.80. The van der Waals surface area contributed by atoms with Crippen LogP contribution in [0.5, 0.6) is 0 Å². The van der Waals surface area contributed by atoms with Gasteiger partial charge in [-0.15, -0.1) is 0 Å². The van der Waals surface area contributed by atoms with Gasteiger partial charge in [0.05, 0.1) is 12.2 Å². The molecule has 0 atom stereocenters. The molecule has 0 heterocycles. The lowest BCUT2D eigenvalue weighted by molar-refractivity contribution is -0.134. The van der Waals surface area contributed by atoms with Gasteiger partial charge in [0.2, 0.25) is 5.91 Å². The maximum atomic E-state index is 13.4. The lowest BCUT2D eigenvalue weighted by Gasteiger charge is -2.07. The van der Waals surface area contributed by atoms with E-state index in [1.807, 2.05) is 30.3 Å². The number of hydroxylamine groups is 1. The standard InChI is InChI=1S/C18H18F2N2O3/c19-14-8-9-15(16(20)11-14)18(24)21-10-4-7-17(23)22-25-12-13-5-2-1-3-6-13/h1-3,5-6,8-9,11H,4,7,10,12H2,(H,21,24)(H,22,23). The Morgan fingerprint density at radius 1 is 1.04 bits per heavy atom. The predicted octanol–water partition coefficient (Wildman–Crippen LogP) is 2.72. The minimum Gasteiger partial charge on any atom is -0.352 e. The molecule has 0 bridgehead atoms. The topological polar surface area (TPSA) is 67.4 Å². The molecule has 0 aromatic heterocycles. The Kier molecular flexibility index (Phi) is 7.03. The van der Waals surface area contributed by atoms with Crippen molar-refractivity contribution in [2.45, 2.75) is 19.4 Å². The Labute approximate surface area is 143 Å². The van der Waals surface area contributed by atoms with E-state index < -0.39 is 17.5 Å². The molecule has 7 heteroatoms. The van der Waals surface area contributed by atoms with Gasteiger partial charge in [0.25, 0.3) is 5.91 Å². The van der Waals surface area contributed by atoms with Crippen LogP contribution in [0.1, 0.15) is 28.8 Å². The molecule has 0 unspecified atom stereocenters. The van der Waals surface area contributed by atoms with Gasteiger partial charge in [0.1, 0.15) is 11.6 Å². The number of halogens is 2. The van der Waals surface area contributed by atoms with Crippen molar-refractivity contribution < 1.29 is 23.2 Å². The van der Waals surface area contributed by atoms with Crippen molar-refractivity contribution in [3.05, 3.63) is 71.3 Å². The summed E-state index contributed by atoms with van der Waals surface area (Å²) in [5.41, 5.74) is 3.00. The minimum absolute atomic E-state index is 0.140. The van der Waals surface area contributed by atoms with Gasteiger partial charge in [-0.3, -0.25) is 14.4 Å². The SMILES string of the molecule is O=C(CCCNC(=O)c1ccc(F)cc1F)NOCc1ccccc1. The highest BCUT2D eigenvalue weighted by Crippen LogP contribution is 2.09. The molecule has 25 heavy (non-hydrogen) atoms. The van der Waals surface area contributed by atoms with Gasteiger partial charge in [-0.25, -0.2) is 14.3 Å². The van der Waals surface area contributed by atoms with E-state index in [0.29, 0.717) is 12.5 Å². The molecule has 2 aromatic carbocycles. The summed E-state index contributed by atoms with van der Waals surface area (Å²) >= 11 is 0. The van der Waals surface area contributed by atoms with Crippen LogP contribution in [0, 0.1) is 11.6 Å². The number of carbonyl (C=O) groups is 2. The van der Waals surface area contributed by atoms with Crippen molar-refractivity contribution in [2.24, 2.45) is 0 Å². The molecule has 0 fully saturated rings. The zero-order valence-electron chi connectivity index (χ0n) is 13.4. The van der Waals surface area contributed by atoms with Crippen molar-refractivity contribution in [1.82, 2.24) is 10.8 Å². The molecule has 0 radical (unpaired) electrons. The molecule has 2 aromatic rings. The van der Waals surface area contributed by atoms with Crippen molar-refractivity contribution >= 4 is 11.8 Å². The fourth-order valence-electron chi connectivity index (χ4n) is 2.04. The minimum atomic E-state index is -0.926. The lowest BCUT2D eigenvalue weighted by atomic mass is 10.2. The average Bonchev–Trinajstić information content (AvgIpc) is 2.59. The van der Waals surface area contributed by atoms with E-state index in [1.165, 1.54) is 0 Å². The second-order valence-corrected chi connectivity index (χ2v) is 5.28. The zero-order valence-corrected chi connectivity index (χ0v) is 13.4. The number of amides is 2. The molecule has 2 N–H and O–H groups in total. The summed E-state index contributed by atoms with van der Waals surface area (Å²) in [5, 5.41) is 2.47. The third-order valence-corrected chi connectivity index (χ3v) is 3.31. The highest BCUT2D eigenvalue weighted by molar-refractivity contribution is 5.94. The third kappa shape index (κ3) is 6.31. The number of hydrogen-bond acceptors (Lipinski definition) is 3. The summed E-state index contributed by atoms with van der Waals surface area (Å²) in [4.78, 5) is 28.4. The van der Waals surface area contributed by atoms with Gasteiger partial charge in [-0.2, -0.15) is 0 Å². The van der Waals surface area contributed by atoms with Crippen LogP contribution in [-0.4, -0.2) is 18.4 Å². The number of hydrogen-bond donors (Lipinski definition) is 2. The van der Waals surface area contributed by atoms with Gasteiger partial charge in [-0.1, -0.05) is 30.3 Å². The normalized spacial score (nSPS) is 10.3. The van der Waals surface area contributed by atoms with Crippen LogP contribution in [0.25, 0.3) is 0 Å². The first kappa shape index (κ1) is 18.5. The van der Waals surface area contributed by atoms with Gasteiger partial charge in [-0.05, 0) is 24.1 Å². The van der Waals surface area contributed by atoms with Crippen LogP contribution >= 0.6 is 0 Å². The Balaban J connectivity index is 1.62. The summed E-state index contributed by atoms with van der Waals surface area (Å²) in [7, 11) is 0. The third-order valence-electron chi connectivity index (χ3n) is 3.31. The maximum Gasteiger partial charge on any atom is 0.254 e. The molecule has 0 aliphatic rings. The summed E-state index contributed by atoms with van der Waals surface area (Å²) in [6.07, 6.45) is 0.496. The van der Waals surface area contributed by atoms with E-state index >= 15 is 0 Å². The van der Waals surface area contributed by atoms with Crippen molar-refractivity contribution in [2.75, 3.05) is 6.54 Å². The maximum absolute atomic E-state index is 13.4. The van der Waals surface area contributed by atoms with Crippen molar-refractivity contribution in [3.8, 4) is 0 Å². The van der Waals surface area contributed by atoms with Gasteiger partial charge in [0, 0.05) is 19.0 Å². The number of carbonyl (C=O) groups excluding carboxylic acids is 2. The van der Waals surface area contributed by atoms with Crippen LogP contribution < -0.4 is 10.8 Å². The van der Waals surface area contributed by atoms with Crippen LogP contribution in [0.15, 0.2) is 48.5 Å². The molecule has 0 spiro atoms. The second kappa shape index (κ2) is 9.48. The predicted molar refractivity (Wildman–Crippen MR) is 87.3 cm³/mol. The first-order valence-corrected chi connectivity index (χ1v) is 7.74. The van der Waals surface area contributed by atoms with E-state index in [1.54, 1.807) is 0 Å². The number of nitrogens with one attached hydrogen (secondary N) is 2. The molecular formula is C18H18F2N2O3. The van der Waals surface area contributed by atoms with E-state index in [4.69, 9.17) is 4.84 Å². The smallest absolute Gasteiger partial charge is 0.254 e. The van der Waals surface area contributed by atoms with Crippen LogP contribution in [0.2, 0.25) is 0 Å². The van der Waals surface area contributed by atoms with E-state index in [2.05, 4.69) is 10.8 Å². The Morgan fingerprint density at radius 3 is 2.52 bits per heavy atom. The van der Waals surface area contributed by atoms with Crippen molar-refractivity contribution in [3.63, 3.8) is 0 Å². The molecule has 2 amide bonds. The molecule has 0 aliphatic heterocycles. The van der Waals surface area contributed by atoms with E-state index in [9.17, 15) is 18.4 Å². The highest BCUT2D eigenvalue weighted by atomic mass is 19.1. The molecule has 2 rings (SSSR count). The van der Waals surface area contributed by atoms with E-state index in [0.717, 1.165) is 17.7 Å². The monoisotopic (exact) mass is 348 g/mol. The van der Waals surface area contributed by atoms with Gasteiger partial charge in [0.15, 0.2) is 0 Å². The summed E-state index contributed by atoms with van der Waals surface area (Å²) in [5.74, 6) is -2.65.